The summed E-state index contributed by atoms with van der Waals surface area (Å²) in [6, 6.07) is 6.10. The number of amidine groups is 1. The Bertz CT molecular complexity index is 499. The van der Waals surface area contributed by atoms with E-state index in [0.29, 0.717) is 0 Å². The fourth-order valence-electron chi connectivity index (χ4n) is 2.41. The van der Waals surface area contributed by atoms with E-state index in [0.717, 1.165) is 35.7 Å². The van der Waals surface area contributed by atoms with Crippen LogP contribution in [0.5, 0.6) is 0 Å². The van der Waals surface area contributed by atoms with Crippen molar-refractivity contribution in [2.75, 3.05) is 23.7 Å². The van der Waals surface area contributed by atoms with E-state index >= 15 is 0 Å². The number of nitrogens with two attached hydrogens (primary N) is 1. The van der Waals surface area contributed by atoms with Gasteiger partial charge in [-0.1, -0.05) is 16.8 Å². The molecule has 1 saturated heterocycles. The first-order valence-corrected chi connectivity index (χ1v) is 7.39. The summed E-state index contributed by atoms with van der Waals surface area (Å²) in [4.78, 5) is 2.32. The molecule has 1 heterocycles. The van der Waals surface area contributed by atoms with Gasteiger partial charge in [-0.2, -0.15) is 11.8 Å². The van der Waals surface area contributed by atoms with Crippen LogP contribution in [0, 0.1) is 6.92 Å². The molecule has 1 aliphatic heterocycles. The van der Waals surface area contributed by atoms with Crippen LogP contribution in [0.15, 0.2) is 23.4 Å². The predicted octanol–water partition coefficient (Wildman–Crippen LogP) is 2.42. The minimum Gasteiger partial charge on any atom is -0.409 e. The molecule has 5 heteroatoms. The molecule has 0 spiro atoms. The summed E-state index contributed by atoms with van der Waals surface area (Å²) in [6.07, 6.45) is 0. The molecule has 0 aromatic heterocycles. The van der Waals surface area contributed by atoms with E-state index < -0.39 is 0 Å². The topological polar surface area (TPSA) is 61.8 Å². The largest absolute Gasteiger partial charge is 0.409 e. The van der Waals surface area contributed by atoms with Crippen molar-refractivity contribution >= 4 is 23.3 Å². The molecule has 19 heavy (non-hydrogen) atoms. The summed E-state index contributed by atoms with van der Waals surface area (Å²) in [5.74, 6) is 1.27. The first-order valence-electron chi connectivity index (χ1n) is 6.40. The number of rotatable bonds is 2. The molecular weight excluding hydrogens is 258 g/mol. The van der Waals surface area contributed by atoms with Crippen LogP contribution in [0.2, 0.25) is 0 Å². The summed E-state index contributed by atoms with van der Waals surface area (Å²) in [5.41, 5.74) is 8.77. The number of benzene rings is 1. The molecule has 1 aliphatic rings. The van der Waals surface area contributed by atoms with Gasteiger partial charge in [0.2, 0.25) is 0 Å². The lowest BCUT2D eigenvalue weighted by molar-refractivity contribution is 0.318. The third-order valence-corrected chi connectivity index (χ3v) is 4.60. The number of hydrogen-bond acceptors (Lipinski definition) is 4. The van der Waals surface area contributed by atoms with Gasteiger partial charge in [0.15, 0.2) is 5.84 Å². The number of aryl methyl sites for hydroxylation is 1. The molecule has 1 fully saturated rings. The highest BCUT2D eigenvalue weighted by Crippen LogP contribution is 2.33. The summed E-state index contributed by atoms with van der Waals surface area (Å²) >= 11 is 1.99. The van der Waals surface area contributed by atoms with E-state index in [9.17, 15) is 0 Å². The number of oxime groups is 1. The van der Waals surface area contributed by atoms with Gasteiger partial charge in [-0.25, -0.2) is 0 Å². The van der Waals surface area contributed by atoms with Crippen molar-refractivity contribution in [1.29, 1.82) is 0 Å². The van der Waals surface area contributed by atoms with Crippen LogP contribution in [0.3, 0.4) is 0 Å². The standard InChI is InChI=1S/C14H21N3OS/c1-10-4-5-12(11(8-10)13(15)16-18)17-6-7-19-14(2,3)9-17/h4-5,8,18H,6-7,9H2,1-3H3,(H2,15,16). The van der Waals surface area contributed by atoms with E-state index in [4.69, 9.17) is 10.9 Å². The zero-order chi connectivity index (χ0) is 14.0. The number of anilines is 1. The minimum absolute atomic E-state index is 0.176. The van der Waals surface area contributed by atoms with E-state index in [1.165, 1.54) is 0 Å². The second kappa shape index (κ2) is 5.33. The van der Waals surface area contributed by atoms with Gasteiger partial charge in [-0.05, 0) is 32.9 Å². The highest BCUT2D eigenvalue weighted by Gasteiger charge is 2.28. The Balaban J connectivity index is 2.39. The molecule has 0 radical (unpaired) electrons. The van der Waals surface area contributed by atoms with Crippen LogP contribution < -0.4 is 10.6 Å². The lowest BCUT2D eigenvalue weighted by Crippen LogP contribution is -2.44. The van der Waals surface area contributed by atoms with Crippen LogP contribution >= 0.6 is 11.8 Å². The average molecular weight is 279 g/mol. The lowest BCUT2D eigenvalue weighted by atomic mass is 10.1. The maximum Gasteiger partial charge on any atom is 0.172 e. The maximum absolute atomic E-state index is 8.94. The molecule has 4 nitrogen and oxygen atoms in total. The summed E-state index contributed by atoms with van der Waals surface area (Å²) in [5, 5.41) is 12.1. The second-order valence-electron chi connectivity index (χ2n) is 5.54. The van der Waals surface area contributed by atoms with E-state index in [-0.39, 0.29) is 10.6 Å². The zero-order valence-corrected chi connectivity index (χ0v) is 12.5. The van der Waals surface area contributed by atoms with Crippen LogP contribution in [0.4, 0.5) is 5.69 Å². The molecule has 0 saturated carbocycles. The molecular formula is C14H21N3OS. The third kappa shape index (κ3) is 3.15. The van der Waals surface area contributed by atoms with E-state index in [1.807, 2.05) is 24.8 Å². The Morgan fingerprint density at radius 3 is 2.84 bits per heavy atom. The van der Waals surface area contributed by atoms with Crippen LogP contribution in [-0.4, -0.2) is 34.6 Å². The van der Waals surface area contributed by atoms with Crippen molar-refractivity contribution in [1.82, 2.24) is 0 Å². The Kier molecular flexibility index (Phi) is 3.94. The first-order chi connectivity index (χ1) is 8.93. The van der Waals surface area contributed by atoms with Gasteiger partial charge in [0.05, 0.1) is 0 Å². The van der Waals surface area contributed by atoms with Crippen molar-refractivity contribution in [3.63, 3.8) is 0 Å². The van der Waals surface area contributed by atoms with Gasteiger partial charge in [0, 0.05) is 34.8 Å². The number of nitrogens with zero attached hydrogens (tertiary/aromatic N) is 2. The van der Waals surface area contributed by atoms with Gasteiger partial charge in [0.1, 0.15) is 0 Å². The van der Waals surface area contributed by atoms with Crippen molar-refractivity contribution < 1.29 is 5.21 Å². The Morgan fingerprint density at radius 1 is 1.47 bits per heavy atom. The lowest BCUT2D eigenvalue weighted by Gasteiger charge is -2.39. The van der Waals surface area contributed by atoms with Crippen LogP contribution in [0.25, 0.3) is 0 Å². The van der Waals surface area contributed by atoms with Gasteiger partial charge < -0.3 is 15.8 Å². The normalized spacial score (nSPS) is 19.5. The van der Waals surface area contributed by atoms with Crippen molar-refractivity contribution in [2.24, 2.45) is 10.9 Å². The molecule has 0 aliphatic carbocycles. The van der Waals surface area contributed by atoms with Crippen molar-refractivity contribution in [3.8, 4) is 0 Å². The monoisotopic (exact) mass is 279 g/mol. The molecule has 2 rings (SSSR count). The molecule has 0 atom stereocenters. The number of hydrogen-bond donors (Lipinski definition) is 2. The third-order valence-electron chi connectivity index (χ3n) is 3.30. The average Bonchev–Trinajstić information content (AvgIpc) is 2.36. The molecule has 1 aromatic rings. The maximum atomic E-state index is 8.94. The molecule has 1 aromatic carbocycles. The first kappa shape index (κ1) is 14.1. The SMILES string of the molecule is Cc1ccc(N2CCSC(C)(C)C2)c(/C(N)=N/O)c1. The second-order valence-corrected chi connectivity index (χ2v) is 7.34. The summed E-state index contributed by atoms with van der Waals surface area (Å²) in [7, 11) is 0. The Labute approximate surface area is 118 Å². The van der Waals surface area contributed by atoms with Gasteiger partial charge in [-0.3, -0.25) is 0 Å². The van der Waals surface area contributed by atoms with Crippen molar-refractivity contribution in [3.05, 3.63) is 29.3 Å². The molecule has 3 N–H and O–H groups in total. The Morgan fingerprint density at radius 2 is 2.21 bits per heavy atom. The fraction of sp³-hybridized carbons (Fsp3) is 0.500. The minimum atomic E-state index is 0.176. The molecule has 104 valence electrons. The van der Waals surface area contributed by atoms with Crippen LogP contribution in [-0.2, 0) is 0 Å². The van der Waals surface area contributed by atoms with Gasteiger partial charge in [-0.15, -0.1) is 0 Å². The van der Waals surface area contributed by atoms with E-state index in [1.54, 1.807) is 0 Å². The van der Waals surface area contributed by atoms with E-state index in [2.05, 4.69) is 36.0 Å². The quantitative estimate of drug-likeness (QED) is 0.378. The van der Waals surface area contributed by atoms with Gasteiger partial charge >= 0.3 is 0 Å². The van der Waals surface area contributed by atoms with Crippen LogP contribution in [0.1, 0.15) is 25.0 Å². The highest BCUT2D eigenvalue weighted by atomic mass is 32.2. The zero-order valence-electron chi connectivity index (χ0n) is 11.7. The molecule has 0 unspecified atom stereocenters. The molecule has 0 bridgehead atoms. The number of thioether (sulfide) groups is 1. The molecule has 0 amide bonds. The smallest absolute Gasteiger partial charge is 0.172 e. The fourth-order valence-corrected chi connectivity index (χ4v) is 3.52. The predicted molar refractivity (Wildman–Crippen MR) is 82.4 cm³/mol. The van der Waals surface area contributed by atoms with Gasteiger partial charge in [0.25, 0.3) is 0 Å². The summed E-state index contributed by atoms with van der Waals surface area (Å²) in [6.45, 7) is 8.46. The van der Waals surface area contributed by atoms with Crippen molar-refractivity contribution in [2.45, 2.75) is 25.5 Å². The Hall–Kier alpha value is -1.36. The highest BCUT2D eigenvalue weighted by molar-refractivity contribution is 8.00. The summed E-state index contributed by atoms with van der Waals surface area (Å²) < 4.78 is 0.228.